The van der Waals surface area contributed by atoms with Crippen LogP contribution < -0.4 is 5.73 Å². The zero-order chi connectivity index (χ0) is 27.0. The third kappa shape index (κ3) is 35.6. The van der Waals surface area contributed by atoms with Crippen molar-refractivity contribution >= 4 is 5.91 Å². The van der Waals surface area contributed by atoms with Crippen LogP contribution in [0.25, 0.3) is 0 Å². The average Bonchev–Trinajstić information content (AvgIpc) is 2.87. The lowest BCUT2D eigenvalue weighted by atomic mass is 10.1. The van der Waals surface area contributed by atoms with Crippen LogP contribution in [0.2, 0.25) is 0 Å². The van der Waals surface area contributed by atoms with E-state index in [0.717, 1.165) is 12.8 Å². The Bertz CT molecular complexity index is 361. The lowest BCUT2D eigenvalue weighted by Crippen LogP contribution is -2.27. The first-order valence-electron chi connectivity index (χ1n) is 16.6. The summed E-state index contributed by atoms with van der Waals surface area (Å²) in [4.78, 5) is 13.1. The van der Waals surface area contributed by atoms with Gasteiger partial charge in [-0.25, -0.2) is 0 Å². The molecule has 36 heavy (non-hydrogen) atoms. The Morgan fingerprint density at radius 1 is 0.417 bits per heavy atom. The Balaban J connectivity index is 0. The van der Waals surface area contributed by atoms with Crippen molar-refractivity contribution in [3.8, 4) is 0 Å². The summed E-state index contributed by atoms with van der Waals surface area (Å²) in [5.74, 6) is -0.166. The summed E-state index contributed by atoms with van der Waals surface area (Å²) in [5, 5.41) is 0. The van der Waals surface area contributed by atoms with Crippen LogP contribution in [0.5, 0.6) is 0 Å². The van der Waals surface area contributed by atoms with E-state index in [9.17, 15) is 4.79 Å². The summed E-state index contributed by atoms with van der Waals surface area (Å²) < 4.78 is 0. The molecule has 0 aliphatic carbocycles. The molecule has 0 aliphatic rings. The Labute approximate surface area is 229 Å². The predicted octanol–water partition coefficient (Wildman–Crippen LogP) is 10.6. The molecule has 0 aromatic carbocycles. The normalized spacial score (nSPS) is 11.0. The van der Waals surface area contributed by atoms with Crippen molar-refractivity contribution in [3.05, 3.63) is 0 Å². The number of carbonyl (C=O) groups excluding carboxylic acids is 1. The molecule has 0 unspecified atom stereocenters. The first-order valence-corrected chi connectivity index (χ1v) is 16.6. The monoisotopic (exact) mass is 511 g/mol. The van der Waals surface area contributed by atoms with Crippen molar-refractivity contribution in [1.29, 1.82) is 0 Å². The number of primary amides is 1. The van der Waals surface area contributed by atoms with Gasteiger partial charge in [0.2, 0.25) is 5.91 Å². The highest BCUT2D eigenvalue weighted by molar-refractivity contribution is 5.73. The number of unbranched alkanes of at least 4 members (excludes halogenated alkanes) is 20. The highest BCUT2D eigenvalue weighted by Gasteiger charge is 2.05. The minimum absolute atomic E-state index is 0.166. The second-order valence-corrected chi connectivity index (χ2v) is 11.1. The molecule has 0 aromatic rings. The van der Waals surface area contributed by atoms with E-state index < -0.39 is 0 Å². The molecule has 0 fully saturated rings. The summed E-state index contributed by atoms with van der Waals surface area (Å²) in [6.07, 6.45) is 33.5. The topological polar surface area (TPSA) is 46.3 Å². The Hall–Kier alpha value is -0.570. The lowest BCUT2D eigenvalue weighted by Gasteiger charge is -2.22. The third-order valence-corrected chi connectivity index (χ3v) is 7.26. The van der Waals surface area contributed by atoms with E-state index in [1.807, 2.05) is 0 Å². The van der Waals surface area contributed by atoms with Crippen molar-refractivity contribution in [3.63, 3.8) is 0 Å². The molecular formula is C33H70N2O. The molecule has 218 valence electrons. The molecule has 0 spiro atoms. The van der Waals surface area contributed by atoms with Crippen LogP contribution in [0.15, 0.2) is 0 Å². The second-order valence-electron chi connectivity index (χ2n) is 11.1. The Kier molecular flexibility index (Phi) is 35.9. The molecule has 2 N–H and O–H groups in total. The highest BCUT2D eigenvalue weighted by Crippen LogP contribution is 2.11. The van der Waals surface area contributed by atoms with Crippen molar-refractivity contribution in [1.82, 2.24) is 4.90 Å². The average molecular weight is 511 g/mol. The van der Waals surface area contributed by atoms with Crippen LogP contribution in [0, 0.1) is 0 Å². The molecule has 0 rings (SSSR count). The molecule has 0 saturated carbocycles. The molecule has 3 nitrogen and oxygen atoms in total. The van der Waals surface area contributed by atoms with E-state index >= 15 is 0 Å². The number of rotatable bonds is 28. The fourth-order valence-corrected chi connectivity index (χ4v) is 4.76. The quantitative estimate of drug-likeness (QED) is 0.106. The van der Waals surface area contributed by atoms with E-state index in [2.05, 4.69) is 32.6 Å². The molecule has 0 aromatic heterocycles. The van der Waals surface area contributed by atoms with E-state index in [0.29, 0.717) is 6.42 Å². The molecule has 0 aliphatic heterocycles. The van der Waals surface area contributed by atoms with Gasteiger partial charge in [0, 0.05) is 6.42 Å². The lowest BCUT2D eigenvalue weighted by molar-refractivity contribution is -0.118. The first kappa shape index (κ1) is 37.6. The number of nitrogens with zero attached hydrogens (tertiary/aromatic N) is 1. The van der Waals surface area contributed by atoms with Crippen molar-refractivity contribution in [2.45, 2.75) is 188 Å². The molecule has 0 radical (unpaired) electrons. The van der Waals surface area contributed by atoms with E-state index in [4.69, 9.17) is 5.73 Å². The van der Waals surface area contributed by atoms with Crippen molar-refractivity contribution in [2.24, 2.45) is 5.73 Å². The van der Waals surface area contributed by atoms with Crippen LogP contribution >= 0.6 is 0 Å². The highest BCUT2D eigenvalue weighted by atomic mass is 16.1. The van der Waals surface area contributed by atoms with Gasteiger partial charge in [0.05, 0.1) is 0 Å². The van der Waals surface area contributed by atoms with Gasteiger partial charge in [-0.15, -0.1) is 0 Å². The summed E-state index contributed by atoms with van der Waals surface area (Å²) >= 11 is 0. The van der Waals surface area contributed by atoms with Crippen LogP contribution in [0.4, 0.5) is 0 Å². The minimum atomic E-state index is -0.166. The molecule has 0 bridgehead atoms. The van der Waals surface area contributed by atoms with Gasteiger partial charge in [-0.1, -0.05) is 156 Å². The summed E-state index contributed by atoms with van der Waals surface area (Å²) in [6.45, 7) is 13.2. The van der Waals surface area contributed by atoms with Gasteiger partial charge in [-0.3, -0.25) is 4.79 Å². The van der Waals surface area contributed by atoms with Gasteiger partial charge < -0.3 is 10.6 Å². The number of amides is 1. The van der Waals surface area contributed by atoms with Gasteiger partial charge in [0.1, 0.15) is 0 Å². The van der Waals surface area contributed by atoms with E-state index in [-0.39, 0.29) is 5.91 Å². The predicted molar refractivity (Wildman–Crippen MR) is 164 cm³/mol. The van der Waals surface area contributed by atoms with Crippen LogP contribution in [0.3, 0.4) is 0 Å². The summed E-state index contributed by atoms with van der Waals surface area (Å²) in [5.41, 5.74) is 4.99. The van der Waals surface area contributed by atoms with Crippen molar-refractivity contribution in [2.75, 3.05) is 19.6 Å². The number of carbonyl (C=O) groups is 1. The Morgan fingerprint density at radius 2 is 0.667 bits per heavy atom. The SMILES string of the molecule is CCCCCCCCC(N)=O.CCCCCCCCN(CCCCCCCC)CCCCCCCC. The maximum atomic E-state index is 10.3. The number of hydrogen-bond acceptors (Lipinski definition) is 2. The fraction of sp³-hybridized carbons (Fsp3) is 0.970. The van der Waals surface area contributed by atoms with Gasteiger partial charge in [-0.05, 0) is 45.3 Å². The van der Waals surface area contributed by atoms with Crippen LogP contribution in [-0.4, -0.2) is 30.4 Å². The zero-order valence-electron chi connectivity index (χ0n) is 25.7. The van der Waals surface area contributed by atoms with Gasteiger partial charge in [0.25, 0.3) is 0 Å². The third-order valence-electron chi connectivity index (χ3n) is 7.26. The molecule has 1 amide bonds. The molecule has 0 atom stereocenters. The number of hydrogen-bond donors (Lipinski definition) is 1. The summed E-state index contributed by atoms with van der Waals surface area (Å²) in [6, 6.07) is 0. The first-order chi connectivity index (χ1) is 17.6. The molecule has 3 heteroatoms. The van der Waals surface area contributed by atoms with Crippen molar-refractivity contribution < 1.29 is 4.79 Å². The smallest absolute Gasteiger partial charge is 0.217 e. The minimum Gasteiger partial charge on any atom is -0.370 e. The maximum absolute atomic E-state index is 10.3. The second kappa shape index (κ2) is 34.4. The van der Waals surface area contributed by atoms with E-state index in [1.54, 1.807) is 0 Å². The molecule has 0 saturated heterocycles. The maximum Gasteiger partial charge on any atom is 0.217 e. The summed E-state index contributed by atoms with van der Waals surface area (Å²) in [7, 11) is 0. The van der Waals surface area contributed by atoms with Gasteiger partial charge in [0.15, 0.2) is 0 Å². The molecular weight excluding hydrogens is 440 g/mol. The molecule has 0 heterocycles. The van der Waals surface area contributed by atoms with Crippen LogP contribution in [-0.2, 0) is 4.79 Å². The van der Waals surface area contributed by atoms with E-state index in [1.165, 1.54) is 161 Å². The van der Waals surface area contributed by atoms with Crippen LogP contribution in [0.1, 0.15) is 188 Å². The Morgan fingerprint density at radius 3 is 0.944 bits per heavy atom. The van der Waals surface area contributed by atoms with Gasteiger partial charge >= 0.3 is 0 Å². The number of nitrogens with two attached hydrogens (primary N) is 1. The standard InChI is InChI=1S/C24H51N.C9H19NO/c1-4-7-10-13-16-19-22-25(23-20-17-14-11-8-5-2)24-21-18-15-12-9-6-3;1-2-3-4-5-6-7-8-9(10)11/h4-24H2,1-3H3;2-8H2,1H3,(H2,10,11). The van der Waals surface area contributed by atoms with Gasteiger partial charge in [-0.2, -0.15) is 0 Å². The fourth-order valence-electron chi connectivity index (χ4n) is 4.76. The zero-order valence-corrected chi connectivity index (χ0v) is 25.7. The largest absolute Gasteiger partial charge is 0.370 e.